The van der Waals surface area contributed by atoms with Crippen molar-refractivity contribution in [2.45, 2.75) is 38.2 Å². The molecule has 3 heteroatoms. The highest BCUT2D eigenvalue weighted by molar-refractivity contribution is 6.18. The standard InChI is InChI=1S/C11H22ClNO/c1-10(7-12)8-13(2)9-11(14)5-3-4-6-11/h10,14H,3-9H2,1-2H3. The smallest absolute Gasteiger partial charge is 0.0774 e. The molecule has 0 spiro atoms. The summed E-state index contributed by atoms with van der Waals surface area (Å²) in [7, 11) is 2.07. The van der Waals surface area contributed by atoms with Crippen molar-refractivity contribution in [1.82, 2.24) is 4.90 Å². The number of nitrogens with zero attached hydrogens (tertiary/aromatic N) is 1. The van der Waals surface area contributed by atoms with Crippen LogP contribution in [0, 0.1) is 5.92 Å². The molecule has 0 heterocycles. The quantitative estimate of drug-likeness (QED) is 0.716. The molecule has 0 amide bonds. The van der Waals surface area contributed by atoms with Crippen LogP contribution in [0.15, 0.2) is 0 Å². The molecule has 1 unspecified atom stereocenters. The highest BCUT2D eigenvalue weighted by Crippen LogP contribution is 2.29. The van der Waals surface area contributed by atoms with Crippen molar-refractivity contribution >= 4 is 11.6 Å². The second kappa shape index (κ2) is 5.34. The van der Waals surface area contributed by atoms with Gasteiger partial charge in [-0.25, -0.2) is 0 Å². The lowest BCUT2D eigenvalue weighted by atomic mass is 10.0. The Hall–Kier alpha value is 0.210. The zero-order chi connectivity index (χ0) is 10.6. The maximum atomic E-state index is 10.2. The van der Waals surface area contributed by atoms with Crippen LogP contribution in [0.2, 0.25) is 0 Å². The van der Waals surface area contributed by atoms with E-state index >= 15 is 0 Å². The van der Waals surface area contributed by atoms with E-state index in [2.05, 4.69) is 18.9 Å². The van der Waals surface area contributed by atoms with Crippen molar-refractivity contribution in [1.29, 1.82) is 0 Å². The lowest BCUT2D eigenvalue weighted by Crippen LogP contribution is -2.40. The molecule has 0 saturated heterocycles. The molecule has 0 radical (unpaired) electrons. The molecule has 1 aliphatic carbocycles. The number of halogens is 1. The third kappa shape index (κ3) is 3.76. The van der Waals surface area contributed by atoms with Gasteiger partial charge in [0.15, 0.2) is 0 Å². The van der Waals surface area contributed by atoms with E-state index in [9.17, 15) is 5.11 Å². The number of aliphatic hydroxyl groups is 1. The highest BCUT2D eigenvalue weighted by Gasteiger charge is 2.32. The van der Waals surface area contributed by atoms with Gasteiger partial charge in [-0.15, -0.1) is 11.6 Å². The Morgan fingerprint density at radius 1 is 1.43 bits per heavy atom. The van der Waals surface area contributed by atoms with E-state index in [4.69, 9.17) is 11.6 Å². The second-order valence-electron chi connectivity index (χ2n) is 4.89. The average Bonchev–Trinajstić information content (AvgIpc) is 2.51. The minimum atomic E-state index is -0.416. The predicted octanol–water partition coefficient (Wildman–Crippen LogP) is 2.10. The Balaban J connectivity index is 2.28. The molecule has 0 aromatic rings. The highest BCUT2D eigenvalue weighted by atomic mass is 35.5. The van der Waals surface area contributed by atoms with Crippen LogP contribution in [0.1, 0.15) is 32.6 Å². The SMILES string of the molecule is CC(CCl)CN(C)CC1(O)CCCC1. The second-order valence-corrected chi connectivity index (χ2v) is 5.20. The summed E-state index contributed by atoms with van der Waals surface area (Å²) in [6.07, 6.45) is 4.28. The Kier molecular flexibility index (Phi) is 4.68. The van der Waals surface area contributed by atoms with Crippen molar-refractivity contribution in [3.05, 3.63) is 0 Å². The van der Waals surface area contributed by atoms with Crippen LogP contribution in [0.4, 0.5) is 0 Å². The zero-order valence-corrected chi connectivity index (χ0v) is 10.1. The maximum Gasteiger partial charge on any atom is 0.0774 e. The van der Waals surface area contributed by atoms with Gasteiger partial charge < -0.3 is 10.0 Å². The Bertz CT molecular complexity index is 169. The molecule has 1 fully saturated rings. The summed E-state index contributed by atoms with van der Waals surface area (Å²) in [6, 6.07) is 0. The molecule has 1 rings (SSSR count). The zero-order valence-electron chi connectivity index (χ0n) is 9.30. The summed E-state index contributed by atoms with van der Waals surface area (Å²) >= 11 is 5.76. The molecule has 1 atom stereocenters. The molecular formula is C11H22ClNO. The monoisotopic (exact) mass is 219 g/mol. The lowest BCUT2D eigenvalue weighted by Gasteiger charge is -2.29. The molecular weight excluding hydrogens is 198 g/mol. The van der Waals surface area contributed by atoms with Gasteiger partial charge in [-0.1, -0.05) is 19.8 Å². The number of hydrogen-bond acceptors (Lipinski definition) is 2. The molecule has 2 nitrogen and oxygen atoms in total. The van der Waals surface area contributed by atoms with Gasteiger partial charge in [0, 0.05) is 19.0 Å². The van der Waals surface area contributed by atoms with E-state index in [1.54, 1.807) is 0 Å². The molecule has 0 aliphatic heterocycles. The largest absolute Gasteiger partial charge is 0.389 e. The van der Waals surface area contributed by atoms with Crippen LogP contribution in [-0.4, -0.2) is 41.6 Å². The first-order valence-electron chi connectivity index (χ1n) is 5.53. The van der Waals surface area contributed by atoms with Gasteiger partial charge in [0.25, 0.3) is 0 Å². The van der Waals surface area contributed by atoms with E-state index in [-0.39, 0.29) is 0 Å². The first-order chi connectivity index (χ1) is 6.56. The molecule has 14 heavy (non-hydrogen) atoms. The summed E-state index contributed by atoms with van der Waals surface area (Å²) in [5, 5.41) is 10.2. The van der Waals surface area contributed by atoms with Crippen molar-refractivity contribution in [2.75, 3.05) is 26.0 Å². The third-order valence-electron chi connectivity index (χ3n) is 2.99. The predicted molar refractivity (Wildman–Crippen MR) is 60.8 cm³/mol. The normalized spacial score (nSPS) is 22.9. The molecule has 0 bridgehead atoms. The van der Waals surface area contributed by atoms with Gasteiger partial charge in [0.05, 0.1) is 5.60 Å². The van der Waals surface area contributed by atoms with E-state index < -0.39 is 5.60 Å². The van der Waals surface area contributed by atoms with E-state index in [1.165, 1.54) is 12.8 Å². The van der Waals surface area contributed by atoms with Gasteiger partial charge in [-0.3, -0.25) is 0 Å². The van der Waals surface area contributed by atoms with Gasteiger partial charge in [-0.05, 0) is 25.8 Å². The summed E-state index contributed by atoms with van der Waals surface area (Å²) < 4.78 is 0. The number of alkyl halides is 1. The van der Waals surface area contributed by atoms with Gasteiger partial charge in [0.2, 0.25) is 0 Å². The summed E-state index contributed by atoms with van der Waals surface area (Å²) in [5.41, 5.74) is -0.416. The first kappa shape index (κ1) is 12.3. The van der Waals surface area contributed by atoms with Crippen molar-refractivity contribution in [2.24, 2.45) is 5.92 Å². The minimum absolute atomic E-state index is 0.416. The van der Waals surface area contributed by atoms with Crippen LogP contribution in [0.3, 0.4) is 0 Å². The Morgan fingerprint density at radius 3 is 2.50 bits per heavy atom. The van der Waals surface area contributed by atoms with Crippen molar-refractivity contribution in [3.63, 3.8) is 0 Å². The van der Waals surface area contributed by atoms with E-state index in [1.807, 2.05) is 0 Å². The van der Waals surface area contributed by atoms with Gasteiger partial charge in [0.1, 0.15) is 0 Å². The summed E-state index contributed by atoms with van der Waals surface area (Å²) in [4.78, 5) is 2.21. The van der Waals surface area contributed by atoms with Crippen LogP contribution >= 0.6 is 11.6 Å². The van der Waals surface area contributed by atoms with Crippen LogP contribution in [0.25, 0.3) is 0 Å². The number of likely N-dealkylation sites (N-methyl/N-ethyl adjacent to an activating group) is 1. The summed E-state index contributed by atoms with van der Waals surface area (Å²) in [6.45, 7) is 3.92. The first-order valence-corrected chi connectivity index (χ1v) is 6.06. The minimum Gasteiger partial charge on any atom is -0.389 e. The van der Waals surface area contributed by atoms with E-state index in [0.717, 1.165) is 25.9 Å². The Labute approximate surface area is 92.2 Å². The molecule has 1 saturated carbocycles. The molecule has 0 aromatic heterocycles. The molecule has 0 aromatic carbocycles. The van der Waals surface area contributed by atoms with Crippen LogP contribution < -0.4 is 0 Å². The lowest BCUT2D eigenvalue weighted by molar-refractivity contribution is 0.0141. The fourth-order valence-corrected chi connectivity index (χ4v) is 2.44. The van der Waals surface area contributed by atoms with Crippen LogP contribution in [-0.2, 0) is 0 Å². The molecule has 84 valence electrons. The topological polar surface area (TPSA) is 23.5 Å². The van der Waals surface area contributed by atoms with Crippen LogP contribution in [0.5, 0.6) is 0 Å². The molecule has 1 N–H and O–H groups in total. The van der Waals surface area contributed by atoms with E-state index in [0.29, 0.717) is 11.8 Å². The fourth-order valence-electron chi connectivity index (χ4n) is 2.34. The summed E-state index contributed by atoms with van der Waals surface area (Å²) in [5.74, 6) is 1.20. The van der Waals surface area contributed by atoms with Crippen molar-refractivity contribution in [3.8, 4) is 0 Å². The average molecular weight is 220 g/mol. The number of rotatable bonds is 5. The van der Waals surface area contributed by atoms with Gasteiger partial charge in [-0.2, -0.15) is 0 Å². The Morgan fingerprint density at radius 2 is 2.00 bits per heavy atom. The number of hydrogen-bond donors (Lipinski definition) is 1. The maximum absolute atomic E-state index is 10.2. The third-order valence-corrected chi connectivity index (χ3v) is 3.51. The molecule has 1 aliphatic rings. The van der Waals surface area contributed by atoms with Crippen molar-refractivity contribution < 1.29 is 5.11 Å². The van der Waals surface area contributed by atoms with Gasteiger partial charge >= 0.3 is 0 Å². The fraction of sp³-hybridized carbons (Fsp3) is 1.00.